The van der Waals surface area contributed by atoms with E-state index in [4.69, 9.17) is 9.90 Å². The van der Waals surface area contributed by atoms with Gasteiger partial charge in [-0.1, -0.05) is 35.2 Å². The van der Waals surface area contributed by atoms with E-state index in [9.17, 15) is 0 Å². The minimum absolute atomic E-state index is 0. The molecule has 0 aliphatic carbocycles. The van der Waals surface area contributed by atoms with Crippen LogP contribution in [0.15, 0.2) is 102 Å². The Hall–Kier alpha value is -3.63. The fourth-order valence-electron chi connectivity index (χ4n) is 4.18. The molecule has 4 aromatic heterocycles. The second kappa shape index (κ2) is 10.8. The van der Waals surface area contributed by atoms with Crippen molar-refractivity contribution in [2.24, 2.45) is 0 Å². The largest absolute Gasteiger partial charge is 0.501 e. The Morgan fingerprint density at radius 3 is 2.62 bits per heavy atom. The first-order chi connectivity index (χ1) is 19.3. The zero-order chi connectivity index (χ0) is 28.0. The summed E-state index contributed by atoms with van der Waals surface area (Å²) >= 11 is 1.73. The van der Waals surface area contributed by atoms with E-state index in [1.807, 2.05) is 61.7 Å². The maximum absolute atomic E-state index is 8.20. The van der Waals surface area contributed by atoms with Crippen LogP contribution < -0.4 is 0 Å². The van der Waals surface area contributed by atoms with Gasteiger partial charge in [-0.3, -0.25) is 0 Å². The molecule has 0 aliphatic rings. The predicted molar refractivity (Wildman–Crippen MR) is 149 cm³/mol. The van der Waals surface area contributed by atoms with Crippen molar-refractivity contribution < 1.29 is 30.0 Å². The van der Waals surface area contributed by atoms with Crippen LogP contribution in [0.25, 0.3) is 54.5 Å². The summed E-state index contributed by atoms with van der Waals surface area (Å²) in [5.41, 5.74) is 5.05. The number of thiophene rings is 1. The van der Waals surface area contributed by atoms with E-state index in [0.717, 1.165) is 33.0 Å². The summed E-state index contributed by atoms with van der Waals surface area (Å²) in [6.07, 6.45) is 1.54. The zero-order valence-corrected chi connectivity index (χ0v) is 23.2. The number of aromatic nitrogens is 2. The van der Waals surface area contributed by atoms with E-state index in [1.165, 1.54) is 15.1 Å². The second-order valence-corrected chi connectivity index (χ2v) is 9.64. The summed E-state index contributed by atoms with van der Waals surface area (Å²) in [4.78, 5) is 9.61. The number of hydrogen-bond donors (Lipinski definition) is 0. The Balaban J connectivity index is 0.000000204. The average molecular weight is 679 g/mol. The van der Waals surface area contributed by atoms with Crippen LogP contribution in [-0.4, -0.2) is 9.97 Å². The van der Waals surface area contributed by atoms with Gasteiger partial charge in [-0.05, 0) is 55.0 Å². The van der Waals surface area contributed by atoms with Gasteiger partial charge >= 0.3 is 0 Å². The molecule has 3 nitrogen and oxygen atoms in total. The minimum Gasteiger partial charge on any atom is -0.501 e. The standard InChI is InChI=1S/C20H12NOS.C12H10N.Ir/c1-12-11-15-18(23-12)9-8-17-19(15)14-6-4-5-13(20(14)22-17)16-7-2-3-10-21-16;1-10-7-8-12(13-9-10)11-5-3-2-4-6-11;/h2-4,6-11H,1H3;2-5,7-9H,1H3;/q2*-1;/i2D,3D,7D,10D;;. The van der Waals surface area contributed by atoms with Crippen molar-refractivity contribution >= 4 is 43.4 Å². The van der Waals surface area contributed by atoms with Crippen molar-refractivity contribution in [2.75, 3.05) is 0 Å². The summed E-state index contributed by atoms with van der Waals surface area (Å²) in [6.45, 7) is 4.10. The van der Waals surface area contributed by atoms with Gasteiger partial charge in [0.05, 0.1) is 11.1 Å². The van der Waals surface area contributed by atoms with Gasteiger partial charge in [-0.2, -0.15) is 0 Å². The number of pyridine rings is 2. The molecule has 0 bridgehead atoms. The fourth-order valence-corrected chi connectivity index (χ4v) is 5.11. The first-order valence-electron chi connectivity index (χ1n) is 13.4. The smallest absolute Gasteiger partial charge is 0.121 e. The molecule has 0 fully saturated rings. The summed E-state index contributed by atoms with van der Waals surface area (Å²) in [5, 5.41) is 3.01. The Morgan fingerprint density at radius 2 is 1.81 bits per heavy atom. The quantitative estimate of drug-likeness (QED) is 0.172. The normalized spacial score (nSPS) is 12.3. The molecule has 0 saturated carbocycles. The van der Waals surface area contributed by atoms with Crippen LogP contribution in [0.5, 0.6) is 0 Å². The van der Waals surface area contributed by atoms with Gasteiger partial charge in [0.25, 0.3) is 0 Å². The first kappa shape index (κ1) is 20.4. The van der Waals surface area contributed by atoms with E-state index in [0.29, 0.717) is 11.1 Å². The molecule has 7 aromatic rings. The molecule has 0 spiro atoms. The molecule has 0 amide bonds. The van der Waals surface area contributed by atoms with Crippen molar-refractivity contribution in [3.8, 4) is 22.5 Å². The molecule has 0 atom stereocenters. The van der Waals surface area contributed by atoms with Crippen LogP contribution in [0.1, 0.15) is 15.9 Å². The van der Waals surface area contributed by atoms with Gasteiger partial charge in [-0.25, -0.2) is 0 Å². The van der Waals surface area contributed by atoms with Crippen molar-refractivity contribution in [3.63, 3.8) is 0 Å². The molecule has 3 aromatic carbocycles. The van der Waals surface area contributed by atoms with Crippen LogP contribution >= 0.6 is 11.3 Å². The van der Waals surface area contributed by atoms with Crippen LogP contribution in [0.4, 0.5) is 0 Å². The molecule has 183 valence electrons. The second-order valence-electron chi connectivity index (χ2n) is 8.35. The predicted octanol–water partition coefficient (Wildman–Crippen LogP) is 8.83. The van der Waals surface area contributed by atoms with Crippen LogP contribution in [0, 0.1) is 26.0 Å². The third-order valence-electron chi connectivity index (χ3n) is 5.82. The fraction of sp³-hybridized carbons (Fsp3) is 0.0625. The maximum Gasteiger partial charge on any atom is 0.121 e. The van der Waals surface area contributed by atoms with Crippen molar-refractivity contribution in [1.29, 1.82) is 0 Å². The number of benzene rings is 3. The molecule has 1 radical (unpaired) electrons. The van der Waals surface area contributed by atoms with Crippen molar-refractivity contribution in [1.82, 2.24) is 9.97 Å². The van der Waals surface area contributed by atoms with E-state index >= 15 is 0 Å². The van der Waals surface area contributed by atoms with Crippen molar-refractivity contribution in [2.45, 2.75) is 13.8 Å². The Labute approximate surface area is 238 Å². The number of fused-ring (bicyclic) bond motifs is 5. The third kappa shape index (κ3) is 4.99. The van der Waals surface area contributed by atoms with Crippen molar-refractivity contribution in [3.05, 3.63) is 120 Å². The van der Waals surface area contributed by atoms with Gasteiger partial charge in [0.1, 0.15) is 5.58 Å². The third-order valence-corrected chi connectivity index (χ3v) is 6.83. The molecule has 0 N–H and O–H groups in total. The number of nitrogens with zero attached hydrogens (tertiary/aromatic N) is 2. The Morgan fingerprint density at radius 1 is 0.892 bits per heavy atom. The number of furan rings is 1. The topological polar surface area (TPSA) is 38.9 Å². The van der Waals surface area contributed by atoms with E-state index in [2.05, 4.69) is 41.2 Å². The number of hydrogen-bond acceptors (Lipinski definition) is 4. The van der Waals surface area contributed by atoms with Gasteiger partial charge < -0.3 is 14.4 Å². The monoisotopic (exact) mass is 679 g/mol. The minimum atomic E-state index is -0.351. The molecule has 5 heteroatoms. The molecule has 0 aliphatic heterocycles. The molecule has 0 saturated heterocycles. The van der Waals surface area contributed by atoms with Crippen LogP contribution in [-0.2, 0) is 20.1 Å². The maximum atomic E-state index is 8.20. The molecule has 4 heterocycles. The average Bonchev–Trinajstić information content (AvgIpc) is 3.54. The first-order valence-corrected chi connectivity index (χ1v) is 12.2. The van der Waals surface area contributed by atoms with E-state index < -0.39 is 0 Å². The zero-order valence-electron chi connectivity index (χ0n) is 24.0. The molecule has 7 rings (SSSR count). The number of rotatable bonds is 2. The van der Waals surface area contributed by atoms with Crippen LogP contribution in [0.3, 0.4) is 0 Å². The molecule has 0 unspecified atom stereocenters. The molecular weight excluding hydrogens is 653 g/mol. The Bertz CT molecular complexity index is 2020. The molecular formula is C32H22IrN2OS-2. The molecule has 37 heavy (non-hydrogen) atoms. The summed E-state index contributed by atoms with van der Waals surface area (Å²) in [5.74, 6) is 0. The van der Waals surface area contributed by atoms with Gasteiger partial charge in [0.15, 0.2) is 0 Å². The summed E-state index contributed by atoms with van der Waals surface area (Å²) in [6, 6.07) is 27.0. The number of aryl methyl sites for hydroxylation is 2. The van der Waals surface area contributed by atoms with E-state index in [1.54, 1.807) is 17.4 Å². The van der Waals surface area contributed by atoms with Gasteiger partial charge in [0.2, 0.25) is 0 Å². The van der Waals surface area contributed by atoms with E-state index in [-0.39, 0.29) is 50.1 Å². The SMILES string of the molecule is Cc1ccc(-c2[c-]cccc2)nc1.[2H]c1nc(-c2[c-]ccc3c2oc2ccc4sc(C)cc4c23)c([2H])c([2H])c1[2H].[Ir]. The Kier molecular flexibility index (Phi) is 5.95. The van der Waals surface area contributed by atoms with Gasteiger partial charge in [-0.15, -0.1) is 65.4 Å². The van der Waals surface area contributed by atoms with Crippen LogP contribution in [0.2, 0.25) is 0 Å². The summed E-state index contributed by atoms with van der Waals surface area (Å²) in [7, 11) is 0. The summed E-state index contributed by atoms with van der Waals surface area (Å²) < 4.78 is 38.9. The van der Waals surface area contributed by atoms with Gasteiger partial charge in [0, 0.05) is 52.8 Å².